The molecule has 10 heteroatoms. The first-order valence-corrected chi connectivity index (χ1v) is 12.0. The predicted molar refractivity (Wildman–Crippen MR) is 132 cm³/mol. The van der Waals surface area contributed by atoms with Crippen LogP contribution in [0, 0.1) is 5.82 Å². The van der Waals surface area contributed by atoms with Gasteiger partial charge in [-0.25, -0.2) is 4.39 Å². The Kier molecular flexibility index (Phi) is 6.91. The smallest absolute Gasteiger partial charge is 0.251 e. The van der Waals surface area contributed by atoms with Crippen molar-refractivity contribution in [1.29, 1.82) is 0 Å². The van der Waals surface area contributed by atoms with E-state index < -0.39 is 5.82 Å². The highest BCUT2D eigenvalue weighted by Crippen LogP contribution is 2.33. The van der Waals surface area contributed by atoms with E-state index in [-0.39, 0.29) is 36.4 Å². The number of piperidine rings is 1. The van der Waals surface area contributed by atoms with Gasteiger partial charge in [0.1, 0.15) is 17.9 Å². The predicted octanol–water partition coefficient (Wildman–Crippen LogP) is 2.87. The van der Waals surface area contributed by atoms with Crippen LogP contribution in [0.4, 0.5) is 4.39 Å². The van der Waals surface area contributed by atoms with Crippen molar-refractivity contribution in [3.8, 4) is 11.5 Å². The minimum absolute atomic E-state index is 0. The Bertz CT molecular complexity index is 1280. The van der Waals surface area contributed by atoms with Gasteiger partial charge in [-0.2, -0.15) is 0 Å². The van der Waals surface area contributed by atoms with Crippen LogP contribution in [0.2, 0.25) is 0 Å². The minimum atomic E-state index is -0.530. The maximum atomic E-state index is 14.2. The van der Waals surface area contributed by atoms with E-state index in [0.29, 0.717) is 23.6 Å². The number of rotatable bonds is 5. The van der Waals surface area contributed by atoms with Gasteiger partial charge in [0, 0.05) is 25.2 Å². The van der Waals surface area contributed by atoms with Gasteiger partial charge < -0.3 is 19.7 Å². The van der Waals surface area contributed by atoms with Gasteiger partial charge in [-0.05, 0) is 56.5 Å². The zero-order chi connectivity index (χ0) is 23.1. The molecule has 3 aliphatic rings. The number of nitrogens with zero attached hydrogens (tertiary/aromatic N) is 4. The van der Waals surface area contributed by atoms with Crippen LogP contribution < -0.4 is 20.3 Å². The molecule has 1 atom stereocenters. The number of hydrogen-bond donors (Lipinski definition) is 1. The van der Waals surface area contributed by atoms with E-state index in [9.17, 15) is 9.18 Å². The first kappa shape index (κ1) is 24.0. The number of hydrogen-bond acceptors (Lipinski definition) is 7. The van der Waals surface area contributed by atoms with Gasteiger partial charge in [0.2, 0.25) is 0 Å². The number of ether oxygens (including phenoxy) is 2. The third-order valence-corrected chi connectivity index (χ3v) is 7.12. The summed E-state index contributed by atoms with van der Waals surface area (Å²) in [5.74, 6) is 0.522. The average Bonchev–Trinajstić information content (AvgIpc) is 2.87. The molecule has 186 valence electrons. The van der Waals surface area contributed by atoms with Crippen molar-refractivity contribution in [3.05, 3.63) is 58.0 Å². The first-order chi connectivity index (χ1) is 16.7. The Morgan fingerprint density at radius 1 is 1.14 bits per heavy atom. The molecule has 0 saturated carbocycles. The van der Waals surface area contributed by atoms with Gasteiger partial charge in [-0.15, -0.1) is 12.4 Å². The van der Waals surface area contributed by atoms with Gasteiger partial charge >= 0.3 is 0 Å². The van der Waals surface area contributed by atoms with Crippen LogP contribution in [0.3, 0.4) is 0 Å². The molecule has 1 saturated heterocycles. The number of likely N-dealkylation sites (tertiary alicyclic amines) is 1. The highest BCUT2D eigenvalue weighted by atomic mass is 35.5. The molecule has 1 fully saturated rings. The summed E-state index contributed by atoms with van der Waals surface area (Å²) in [5, 5.41) is 3.65. The summed E-state index contributed by atoms with van der Waals surface area (Å²) in [6.07, 6.45) is 7.16. The summed E-state index contributed by atoms with van der Waals surface area (Å²) in [5.41, 5.74) is 3.20. The molecular weight excluding hydrogens is 473 g/mol. The molecule has 3 aromatic heterocycles. The molecule has 0 amide bonds. The Hall–Kier alpha value is -2.75. The molecule has 0 spiro atoms. The van der Waals surface area contributed by atoms with E-state index in [2.05, 4.69) is 26.3 Å². The molecule has 1 N–H and O–H groups in total. The maximum absolute atomic E-state index is 14.2. The van der Waals surface area contributed by atoms with Gasteiger partial charge in [0.05, 0.1) is 36.3 Å². The van der Waals surface area contributed by atoms with Crippen LogP contribution in [0.25, 0.3) is 11.0 Å². The van der Waals surface area contributed by atoms with Crippen molar-refractivity contribution < 1.29 is 13.9 Å². The molecule has 0 bridgehead atoms. The normalized spacial score (nSPS) is 20.0. The number of nitrogens with one attached hydrogen (secondary N) is 1. The van der Waals surface area contributed by atoms with Crippen LogP contribution in [0.15, 0.2) is 35.4 Å². The molecule has 0 radical (unpaired) electrons. The highest BCUT2D eigenvalue weighted by molar-refractivity contribution is 5.85. The van der Waals surface area contributed by atoms with Crippen molar-refractivity contribution in [2.75, 3.05) is 32.8 Å². The second-order valence-corrected chi connectivity index (χ2v) is 9.37. The quantitative estimate of drug-likeness (QED) is 0.575. The maximum Gasteiger partial charge on any atom is 0.251 e. The fourth-order valence-electron chi connectivity index (χ4n) is 5.33. The standard InChI is InChI=1S/C25H28FN5O3.ClH/c26-20-12-29-21-3-4-23(32)31-19(15-34-25(20)24(21)31)14-30-7-5-17(6-8-30)27-11-18-10-16-2-1-9-33-22(16)13-28-18;/h3-4,10,12-13,17,19,27H,1-2,5-9,11,14-15H2;1H/t19-;/m1./s1. The molecule has 6 heterocycles. The lowest BCUT2D eigenvalue weighted by Gasteiger charge is -2.36. The summed E-state index contributed by atoms with van der Waals surface area (Å²) in [7, 11) is 0. The van der Waals surface area contributed by atoms with Gasteiger partial charge in [-0.3, -0.25) is 19.3 Å². The SMILES string of the molecule is Cl.O=c1ccc2ncc(F)c3c2n1[C@H](CN1CCC(NCc2cc4c(cn2)OCCC4)CC1)CO3. The second-order valence-electron chi connectivity index (χ2n) is 9.37. The Labute approximate surface area is 208 Å². The molecule has 0 aliphatic carbocycles. The fraction of sp³-hybridized carbons (Fsp3) is 0.480. The Morgan fingerprint density at radius 3 is 2.86 bits per heavy atom. The van der Waals surface area contributed by atoms with Crippen LogP contribution in [-0.2, 0) is 13.0 Å². The number of pyridine rings is 3. The third-order valence-electron chi connectivity index (χ3n) is 7.12. The molecule has 6 rings (SSSR count). The van der Waals surface area contributed by atoms with E-state index in [4.69, 9.17) is 9.47 Å². The summed E-state index contributed by atoms with van der Waals surface area (Å²) in [6, 6.07) is 5.56. The molecule has 0 aromatic carbocycles. The molecular formula is C25H29ClFN5O3. The van der Waals surface area contributed by atoms with E-state index >= 15 is 0 Å². The van der Waals surface area contributed by atoms with E-state index in [1.165, 1.54) is 11.6 Å². The molecule has 3 aliphatic heterocycles. The Balaban J connectivity index is 0.00000253. The van der Waals surface area contributed by atoms with Crippen LogP contribution in [-0.4, -0.2) is 58.3 Å². The highest BCUT2D eigenvalue weighted by Gasteiger charge is 2.29. The number of aryl methyl sites for hydroxylation is 1. The zero-order valence-electron chi connectivity index (χ0n) is 19.4. The minimum Gasteiger partial charge on any atom is -0.492 e. The number of fused-ring (bicyclic) bond motifs is 1. The molecule has 0 unspecified atom stereocenters. The topological polar surface area (TPSA) is 81.5 Å². The van der Waals surface area contributed by atoms with E-state index in [1.54, 1.807) is 10.6 Å². The fourth-order valence-corrected chi connectivity index (χ4v) is 5.33. The largest absolute Gasteiger partial charge is 0.492 e. The number of halogens is 2. The average molecular weight is 502 g/mol. The molecule has 8 nitrogen and oxygen atoms in total. The van der Waals surface area contributed by atoms with Gasteiger partial charge in [0.25, 0.3) is 5.56 Å². The van der Waals surface area contributed by atoms with Crippen molar-refractivity contribution in [2.24, 2.45) is 0 Å². The van der Waals surface area contributed by atoms with Gasteiger partial charge in [-0.1, -0.05) is 0 Å². The van der Waals surface area contributed by atoms with Crippen LogP contribution in [0.1, 0.15) is 36.6 Å². The number of aromatic nitrogens is 3. The molecule has 35 heavy (non-hydrogen) atoms. The van der Waals surface area contributed by atoms with Crippen molar-refractivity contribution in [2.45, 2.75) is 44.3 Å². The lowest BCUT2D eigenvalue weighted by molar-refractivity contribution is 0.137. The molecule has 3 aromatic rings. The lowest BCUT2D eigenvalue weighted by Crippen LogP contribution is -2.46. The van der Waals surface area contributed by atoms with E-state index in [0.717, 1.165) is 69.6 Å². The third kappa shape index (κ3) is 4.72. The lowest BCUT2D eigenvalue weighted by atomic mass is 10.0. The Morgan fingerprint density at radius 2 is 2.00 bits per heavy atom. The van der Waals surface area contributed by atoms with Crippen molar-refractivity contribution in [3.63, 3.8) is 0 Å². The summed E-state index contributed by atoms with van der Waals surface area (Å²) >= 11 is 0. The van der Waals surface area contributed by atoms with Crippen LogP contribution >= 0.6 is 12.4 Å². The van der Waals surface area contributed by atoms with Crippen LogP contribution in [0.5, 0.6) is 11.5 Å². The van der Waals surface area contributed by atoms with Crippen molar-refractivity contribution in [1.82, 2.24) is 24.8 Å². The van der Waals surface area contributed by atoms with Crippen molar-refractivity contribution >= 4 is 23.4 Å². The summed E-state index contributed by atoms with van der Waals surface area (Å²) < 4.78 is 27.3. The second kappa shape index (κ2) is 10.1. The summed E-state index contributed by atoms with van der Waals surface area (Å²) in [6.45, 7) is 4.35. The van der Waals surface area contributed by atoms with E-state index in [1.807, 2.05) is 6.20 Å². The summed E-state index contributed by atoms with van der Waals surface area (Å²) in [4.78, 5) is 23.7. The first-order valence-electron chi connectivity index (χ1n) is 12.0. The van der Waals surface area contributed by atoms with Gasteiger partial charge in [0.15, 0.2) is 11.6 Å². The zero-order valence-corrected chi connectivity index (χ0v) is 20.2. The monoisotopic (exact) mass is 501 g/mol.